The van der Waals surface area contributed by atoms with Gasteiger partial charge in [0.15, 0.2) is 0 Å². The first kappa shape index (κ1) is 23.0. The summed E-state index contributed by atoms with van der Waals surface area (Å²) in [4.78, 5) is 24.7. The molecule has 2 N–H and O–H groups in total. The molecule has 4 rings (SSSR count). The molecule has 1 amide bonds. The Labute approximate surface area is 197 Å². The van der Waals surface area contributed by atoms with Gasteiger partial charge >= 0.3 is 12.1 Å². The summed E-state index contributed by atoms with van der Waals surface area (Å²) in [7, 11) is 0. The lowest BCUT2D eigenvalue weighted by Crippen LogP contribution is -2.20. The van der Waals surface area contributed by atoms with Crippen molar-refractivity contribution < 1.29 is 19.4 Å². The molecule has 6 nitrogen and oxygen atoms in total. The van der Waals surface area contributed by atoms with Crippen LogP contribution in [0.2, 0.25) is 0 Å². The number of aromatic nitrogens is 1. The maximum absolute atomic E-state index is 12.6. The van der Waals surface area contributed by atoms with Crippen LogP contribution in [0.5, 0.6) is 0 Å². The van der Waals surface area contributed by atoms with E-state index in [1.165, 1.54) is 17.1 Å². The number of nitrogens with zero attached hydrogens (tertiary/aromatic N) is 1. The molecule has 0 aliphatic heterocycles. The van der Waals surface area contributed by atoms with Crippen molar-refractivity contribution in [1.29, 1.82) is 0 Å². The Kier molecular flexibility index (Phi) is 7.08. The molecule has 1 saturated carbocycles. The summed E-state index contributed by atoms with van der Waals surface area (Å²) in [6.07, 6.45) is 2.38. The number of hydrogen-bond acceptors (Lipinski definition) is 5. The smallest absolute Gasteiger partial charge is 0.412 e. The average molecular weight is 465 g/mol. The average Bonchev–Trinajstić information content (AvgIpc) is 3.19. The topological polar surface area (TPSA) is 88.5 Å². The van der Waals surface area contributed by atoms with E-state index in [2.05, 4.69) is 34.0 Å². The number of ether oxygens (including phenoxy) is 1. The zero-order chi connectivity index (χ0) is 23.4. The number of anilines is 1. The highest BCUT2D eigenvalue weighted by Gasteiger charge is 2.27. The first-order valence-corrected chi connectivity index (χ1v) is 12.0. The summed E-state index contributed by atoms with van der Waals surface area (Å²) in [5.41, 5.74) is 4.56. The van der Waals surface area contributed by atoms with E-state index in [1.54, 1.807) is 0 Å². The van der Waals surface area contributed by atoms with Crippen molar-refractivity contribution in [1.82, 2.24) is 4.37 Å². The first-order valence-electron chi connectivity index (χ1n) is 11.2. The fraction of sp³-hybridized carbons (Fsp3) is 0.346. The quantitative estimate of drug-likeness (QED) is 0.419. The fourth-order valence-electron chi connectivity index (χ4n) is 4.38. The molecule has 1 fully saturated rings. The predicted molar refractivity (Wildman–Crippen MR) is 130 cm³/mol. The Balaban J connectivity index is 1.43. The lowest BCUT2D eigenvalue weighted by Gasteiger charge is -2.26. The van der Waals surface area contributed by atoms with Crippen LogP contribution >= 0.6 is 11.5 Å². The Morgan fingerprint density at radius 2 is 1.73 bits per heavy atom. The Bertz CT molecular complexity index is 1100. The molecule has 1 atom stereocenters. The lowest BCUT2D eigenvalue weighted by atomic mass is 9.78. The molecule has 0 radical (unpaired) electrons. The second-order valence-electron chi connectivity index (χ2n) is 8.56. The van der Waals surface area contributed by atoms with Gasteiger partial charge in [0.1, 0.15) is 6.10 Å². The van der Waals surface area contributed by atoms with Crippen LogP contribution in [-0.4, -0.2) is 21.5 Å². The van der Waals surface area contributed by atoms with Gasteiger partial charge in [-0.1, -0.05) is 54.6 Å². The second-order valence-corrected chi connectivity index (χ2v) is 9.34. The van der Waals surface area contributed by atoms with E-state index in [1.807, 2.05) is 44.2 Å². The van der Waals surface area contributed by atoms with Crippen molar-refractivity contribution in [2.75, 3.05) is 5.32 Å². The van der Waals surface area contributed by atoms with Crippen LogP contribution in [0.15, 0.2) is 54.6 Å². The van der Waals surface area contributed by atoms with Crippen LogP contribution in [0.25, 0.3) is 10.4 Å². The predicted octanol–water partition coefficient (Wildman–Crippen LogP) is 6.79. The van der Waals surface area contributed by atoms with Crippen molar-refractivity contribution >= 4 is 29.3 Å². The zero-order valence-corrected chi connectivity index (χ0v) is 19.6. The van der Waals surface area contributed by atoms with Crippen molar-refractivity contribution in [3.8, 4) is 10.4 Å². The highest BCUT2D eigenvalue weighted by molar-refractivity contribution is 7.10. The van der Waals surface area contributed by atoms with E-state index in [0.29, 0.717) is 11.6 Å². The molecule has 1 heterocycles. The SMILES string of the molecule is Cc1nsc(-c2ccc([C@H]3CC[C@@H](C(=O)O)CC3)cc2)c1NC(=O)O[C@H](C)c1ccccc1. The molecule has 172 valence electrons. The minimum absolute atomic E-state index is 0.210. The molecule has 0 unspecified atom stereocenters. The van der Waals surface area contributed by atoms with Crippen LogP contribution in [0.3, 0.4) is 0 Å². The number of aliphatic carboxylic acids is 1. The number of carboxylic acid groups (broad SMARTS) is 1. The van der Waals surface area contributed by atoms with E-state index in [9.17, 15) is 14.7 Å². The van der Waals surface area contributed by atoms with Crippen LogP contribution in [0, 0.1) is 12.8 Å². The number of carbonyl (C=O) groups is 2. The van der Waals surface area contributed by atoms with Crippen molar-refractivity contribution in [2.24, 2.45) is 5.92 Å². The van der Waals surface area contributed by atoms with Crippen molar-refractivity contribution in [3.05, 3.63) is 71.4 Å². The summed E-state index contributed by atoms with van der Waals surface area (Å²) in [6.45, 7) is 3.71. The molecular weight excluding hydrogens is 436 g/mol. The van der Waals surface area contributed by atoms with Crippen LogP contribution in [0.1, 0.15) is 61.4 Å². The normalized spacial score (nSPS) is 19.0. The molecular formula is C26H28N2O4S. The van der Waals surface area contributed by atoms with Gasteiger partial charge in [-0.05, 0) is 73.7 Å². The van der Waals surface area contributed by atoms with Crippen LogP contribution < -0.4 is 5.32 Å². The maximum atomic E-state index is 12.6. The standard InChI is InChI=1S/C26H28N2O4S/c1-16-23(27-26(31)32-17(2)18-6-4-3-5-7-18)24(33-28-16)21-12-8-19(9-13-21)20-10-14-22(15-11-20)25(29)30/h3-9,12-13,17,20,22H,10-11,14-15H2,1-2H3,(H,27,31)(H,29,30)/t17-,20-,22+/m1/s1. The van der Waals surface area contributed by atoms with Gasteiger partial charge < -0.3 is 9.84 Å². The number of carbonyl (C=O) groups excluding carboxylic acids is 1. The van der Waals surface area contributed by atoms with E-state index >= 15 is 0 Å². The minimum atomic E-state index is -0.680. The van der Waals surface area contributed by atoms with Gasteiger partial charge in [0, 0.05) is 0 Å². The highest BCUT2D eigenvalue weighted by Crippen LogP contribution is 2.39. The number of rotatable bonds is 6. The number of amides is 1. The van der Waals surface area contributed by atoms with Gasteiger partial charge in [-0.2, -0.15) is 4.37 Å². The molecule has 1 aromatic heterocycles. The third-order valence-corrected chi connectivity index (χ3v) is 7.35. The summed E-state index contributed by atoms with van der Waals surface area (Å²) < 4.78 is 10.0. The van der Waals surface area contributed by atoms with Crippen LogP contribution in [-0.2, 0) is 9.53 Å². The molecule has 33 heavy (non-hydrogen) atoms. The van der Waals surface area contributed by atoms with Gasteiger partial charge in [-0.25, -0.2) is 4.79 Å². The Morgan fingerprint density at radius 3 is 2.36 bits per heavy atom. The molecule has 3 aromatic rings. The molecule has 7 heteroatoms. The summed E-state index contributed by atoms with van der Waals surface area (Å²) in [6, 6.07) is 17.9. The molecule has 1 aliphatic rings. The zero-order valence-electron chi connectivity index (χ0n) is 18.8. The van der Waals surface area contributed by atoms with Gasteiger partial charge in [0.05, 0.1) is 22.2 Å². The number of aryl methyl sites for hydroxylation is 1. The summed E-state index contributed by atoms with van der Waals surface area (Å²) >= 11 is 1.35. The van der Waals surface area contributed by atoms with Gasteiger partial charge in [0.25, 0.3) is 0 Å². The molecule has 1 aliphatic carbocycles. The second kappa shape index (κ2) is 10.2. The number of nitrogens with one attached hydrogen (secondary N) is 1. The monoisotopic (exact) mass is 464 g/mol. The van der Waals surface area contributed by atoms with Crippen LogP contribution in [0.4, 0.5) is 10.5 Å². The molecule has 2 aromatic carbocycles. The van der Waals surface area contributed by atoms with Crippen molar-refractivity contribution in [2.45, 2.75) is 51.6 Å². The summed E-state index contributed by atoms with van der Waals surface area (Å²) in [5, 5.41) is 12.1. The van der Waals surface area contributed by atoms with E-state index in [4.69, 9.17) is 4.74 Å². The Hall–Kier alpha value is -3.19. The van der Waals surface area contributed by atoms with Crippen molar-refractivity contribution in [3.63, 3.8) is 0 Å². The molecule has 0 saturated heterocycles. The van der Waals surface area contributed by atoms with Gasteiger partial charge in [0.2, 0.25) is 0 Å². The first-order chi connectivity index (χ1) is 15.9. The number of hydrogen-bond donors (Lipinski definition) is 2. The Morgan fingerprint density at radius 1 is 1.06 bits per heavy atom. The summed E-state index contributed by atoms with van der Waals surface area (Å²) in [5.74, 6) is -0.496. The van der Waals surface area contributed by atoms with E-state index in [0.717, 1.165) is 47.4 Å². The van der Waals surface area contributed by atoms with E-state index < -0.39 is 12.1 Å². The highest BCUT2D eigenvalue weighted by atomic mass is 32.1. The molecule has 0 bridgehead atoms. The van der Waals surface area contributed by atoms with E-state index in [-0.39, 0.29) is 12.0 Å². The third kappa shape index (κ3) is 5.42. The minimum Gasteiger partial charge on any atom is -0.481 e. The largest absolute Gasteiger partial charge is 0.481 e. The third-order valence-electron chi connectivity index (χ3n) is 6.36. The number of carboxylic acids is 1. The molecule has 0 spiro atoms. The van der Waals surface area contributed by atoms with Gasteiger partial charge in [-0.15, -0.1) is 0 Å². The maximum Gasteiger partial charge on any atom is 0.412 e. The fourth-order valence-corrected chi connectivity index (χ4v) is 5.23. The number of benzene rings is 2. The lowest BCUT2D eigenvalue weighted by molar-refractivity contribution is -0.142. The van der Waals surface area contributed by atoms with Gasteiger partial charge in [-0.3, -0.25) is 10.1 Å².